The molecule has 0 spiro atoms. The molecule has 0 aromatic heterocycles. The van der Waals surface area contributed by atoms with Crippen LogP contribution in [-0.4, -0.2) is 5.11 Å². The maximum Gasteiger partial charge on any atom is 0.0885 e. The number of nitrogens with two attached hydrogens (primary N) is 1. The SMILES string of the molecule is CCC(C)(O)c1ccccc1N. The summed E-state index contributed by atoms with van der Waals surface area (Å²) < 4.78 is 0. The van der Waals surface area contributed by atoms with Crippen molar-refractivity contribution in [2.45, 2.75) is 25.9 Å². The number of benzene rings is 1. The lowest BCUT2D eigenvalue weighted by atomic mass is 9.92. The summed E-state index contributed by atoms with van der Waals surface area (Å²) >= 11 is 0. The normalized spacial score (nSPS) is 15.6. The molecule has 12 heavy (non-hydrogen) atoms. The van der Waals surface area contributed by atoms with Crippen molar-refractivity contribution in [3.8, 4) is 0 Å². The van der Waals surface area contributed by atoms with Gasteiger partial charge in [-0.25, -0.2) is 0 Å². The van der Waals surface area contributed by atoms with Crippen LogP contribution >= 0.6 is 0 Å². The smallest absolute Gasteiger partial charge is 0.0885 e. The Labute approximate surface area is 73.0 Å². The largest absolute Gasteiger partial charge is 0.398 e. The zero-order chi connectivity index (χ0) is 9.19. The van der Waals surface area contributed by atoms with Crippen molar-refractivity contribution in [2.75, 3.05) is 5.73 Å². The van der Waals surface area contributed by atoms with E-state index in [0.717, 1.165) is 5.56 Å². The van der Waals surface area contributed by atoms with E-state index in [1.807, 2.05) is 25.1 Å². The van der Waals surface area contributed by atoms with E-state index in [1.54, 1.807) is 13.0 Å². The molecule has 0 aliphatic carbocycles. The van der Waals surface area contributed by atoms with E-state index < -0.39 is 5.60 Å². The molecular formula is C10H15NO. The summed E-state index contributed by atoms with van der Waals surface area (Å²) in [4.78, 5) is 0. The van der Waals surface area contributed by atoms with Gasteiger partial charge in [-0.05, 0) is 19.4 Å². The third kappa shape index (κ3) is 1.59. The molecule has 1 aromatic carbocycles. The lowest BCUT2D eigenvalue weighted by Gasteiger charge is -2.23. The van der Waals surface area contributed by atoms with E-state index in [-0.39, 0.29) is 0 Å². The molecule has 0 bridgehead atoms. The first-order valence-corrected chi connectivity index (χ1v) is 4.15. The van der Waals surface area contributed by atoms with Crippen molar-refractivity contribution in [1.29, 1.82) is 0 Å². The highest BCUT2D eigenvalue weighted by Gasteiger charge is 2.21. The Morgan fingerprint density at radius 3 is 2.50 bits per heavy atom. The first kappa shape index (κ1) is 9.07. The molecule has 0 saturated carbocycles. The Hall–Kier alpha value is -1.02. The zero-order valence-corrected chi connectivity index (χ0v) is 7.54. The molecule has 0 heterocycles. The number of anilines is 1. The van der Waals surface area contributed by atoms with E-state index in [9.17, 15) is 5.11 Å². The van der Waals surface area contributed by atoms with Crippen LogP contribution in [0.2, 0.25) is 0 Å². The molecule has 66 valence electrons. The van der Waals surface area contributed by atoms with Crippen molar-refractivity contribution < 1.29 is 5.11 Å². The summed E-state index contributed by atoms with van der Waals surface area (Å²) in [5.74, 6) is 0. The summed E-state index contributed by atoms with van der Waals surface area (Å²) in [6, 6.07) is 7.42. The quantitative estimate of drug-likeness (QED) is 0.657. The number of rotatable bonds is 2. The molecule has 0 amide bonds. The van der Waals surface area contributed by atoms with Crippen molar-refractivity contribution in [1.82, 2.24) is 0 Å². The first-order chi connectivity index (χ1) is 5.58. The van der Waals surface area contributed by atoms with Crippen LogP contribution in [0.1, 0.15) is 25.8 Å². The number of hydrogen-bond donors (Lipinski definition) is 2. The lowest BCUT2D eigenvalue weighted by Crippen LogP contribution is -2.21. The van der Waals surface area contributed by atoms with Crippen LogP contribution in [0.5, 0.6) is 0 Å². The molecule has 0 aliphatic rings. The van der Waals surface area contributed by atoms with Crippen LogP contribution in [0.15, 0.2) is 24.3 Å². The number of hydrogen-bond acceptors (Lipinski definition) is 2. The van der Waals surface area contributed by atoms with Gasteiger partial charge in [-0.3, -0.25) is 0 Å². The fraction of sp³-hybridized carbons (Fsp3) is 0.400. The Kier molecular flexibility index (Phi) is 2.38. The second kappa shape index (κ2) is 3.15. The third-order valence-electron chi connectivity index (χ3n) is 2.23. The third-order valence-corrected chi connectivity index (χ3v) is 2.23. The van der Waals surface area contributed by atoms with Crippen molar-refractivity contribution >= 4 is 5.69 Å². The Bertz CT molecular complexity index is 268. The first-order valence-electron chi connectivity index (χ1n) is 4.15. The molecule has 1 unspecified atom stereocenters. The Morgan fingerprint density at radius 2 is 2.00 bits per heavy atom. The van der Waals surface area contributed by atoms with Gasteiger partial charge in [0.25, 0.3) is 0 Å². The minimum atomic E-state index is -0.800. The zero-order valence-electron chi connectivity index (χ0n) is 7.54. The molecule has 0 saturated heterocycles. The second-order valence-electron chi connectivity index (χ2n) is 3.21. The van der Waals surface area contributed by atoms with Gasteiger partial charge < -0.3 is 10.8 Å². The highest BCUT2D eigenvalue weighted by Crippen LogP contribution is 2.28. The van der Waals surface area contributed by atoms with Crippen molar-refractivity contribution in [3.63, 3.8) is 0 Å². The van der Waals surface area contributed by atoms with Crippen LogP contribution in [0.4, 0.5) is 5.69 Å². The molecule has 1 rings (SSSR count). The van der Waals surface area contributed by atoms with E-state index in [1.165, 1.54) is 0 Å². The van der Waals surface area contributed by atoms with Crippen LogP contribution in [0.25, 0.3) is 0 Å². The highest BCUT2D eigenvalue weighted by molar-refractivity contribution is 5.49. The van der Waals surface area contributed by atoms with Gasteiger partial charge in [0.2, 0.25) is 0 Å². The summed E-state index contributed by atoms with van der Waals surface area (Å²) in [5.41, 5.74) is 6.39. The second-order valence-corrected chi connectivity index (χ2v) is 3.21. The predicted molar refractivity (Wildman–Crippen MR) is 50.7 cm³/mol. The van der Waals surface area contributed by atoms with Crippen LogP contribution < -0.4 is 5.73 Å². The summed E-state index contributed by atoms with van der Waals surface area (Å²) in [6.45, 7) is 3.71. The van der Waals surface area contributed by atoms with Gasteiger partial charge in [-0.2, -0.15) is 0 Å². The van der Waals surface area contributed by atoms with Crippen LogP contribution in [0, 0.1) is 0 Å². The van der Waals surface area contributed by atoms with E-state index >= 15 is 0 Å². The van der Waals surface area contributed by atoms with Gasteiger partial charge in [-0.1, -0.05) is 25.1 Å². The summed E-state index contributed by atoms with van der Waals surface area (Å²) in [7, 11) is 0. The van der Waals surface area contributed by atoms with E-state index in [2.05, 4.69) is 0 Å². The van der Waals surface area contributed by atoms with Gasteiger partial charge in [0.15, 0.2) is 0 Å². The molecular weight excluding hydrogens is 150 g/mol. The molecule has 2 heteroatoms. The summed E-state index contributed by atoms with van der Waals surface area (Å²) in [6.07, 6.45) is 0.668. The van der Waals surface area contributed by atoms with Gasteiger partial charge in [-0.15, -0.1) is 0 Å². The Morgan fingerprint density at radius 1 is 1.42 bits per heavy atom. The van der Waals surface area contributed by atoms with Gasteiger partial charge in [0.1, 0.15) is 0 Å². The molecule has 0 fully saturated rings. The molecule has 1 atom stereocenters. The standard InChI is InChI=1S/C10H15NO/c1-3-10(2,12)8-6-4-5-7-9(8)11/h4-7,12H,3,11H2,1-2H3. The van der Waals surface area contributed by atoms with Crippen molar-refractivity contribution in [2.24, 2.45) is 0 Å². The van der Waals surface area contributed by atoms with Crippen LogP contribution in [-0.2, 0) is 5.60 Å². The minimum absolute atomic E-state index is 0.657. The maximum absolute atomic E-state index is 9.90. The lowest BCUT2D eigenvalue weighted by molar-refractivity contribution is 0.0539. The Balaban J connectivity index is 3.10. The molecule has 3 N–H and O–H groups in total. The topological polar surface area (TPSA) is 46.2 Å². The van der Waals surface area contributed by atoms with E-state index in [4.69, 9.17) is 5.73 Å². The monoisotopic (exact) mass is 165 g/mol. The van der Waals surface area contributed by atoms with Gasteiger partial charge in [0, 0.05) is 11.3 Å². The average Bonchev–Trinajstić information content (AvgIpc) is 2.05. The maximum atomic E-state index is 9.90. The number of nitrogen functional groups attached to an aromatic ring is 1. The molecule has 2 nitrogen and oxygen atoms in total. The average molecular weight is 165 g/mol. The molecule has 0 aliphatic heterocycles. The number of para-hydroxylation sites is 1. The molecule has 1 aromatic rings. The van der Waals surface area contributed by atoms with E-state index in [0.29, 0.717) is 12.1 Å². The van der Waals surface area contributed by atoms with Gasteiger partial charge in [0.05, 0.1) is 5.60 Å². The van der Waals surface area contributed by atoms with Crippen molar-refractivity contribution in [3.05, 3.63) is 29.8 Å². The fourth-order valence-corrected chi connectivity index (χ4v) is 1.18. The highest BCUT2D eigenvalue weighted by atomic mass is 16.3. The van der Waals surface area contributed by atoms with Crippen LogP contribution in [0.3, 0.4) is 0 Å². The summed E-state index contributed by atoms with van der Waals surface area (Å²) in [5, 5.41) is 9.90. The minimum Gasteiger partial charge on any atom is -0.398 e. The van der Waals surface area contributed by atoms with Gasteiger partial charge >= 0.3 is 0 Å². The fourth-order valence-electron chi connectivity index (χ4n) is 1.18. The number of aliphatic hydroxyl groups is 1. The predicted octanol–water partition coefficient (Wildman–Crippen LogP) is 1.89. The molecule has 0 radical (unpaired) electrons.